The first kappa shape index (κ1) is 13.1. The summed E-state index contributed by atoms with van der Waals surface area (Å²) in [5.74, 6) is 0.0966. The second kappa shape index (κ2) is 6.52. The Morgan fingerprint density at radius 1 is 1.33 bits per heavy atom. The Morgan fingerprint density at radius 3 is 3.06 bits per heavy atom. The lowest BCUT2D eigenvalue weighted by atomic mass is 10.1. The molecule has 1 aliphatic heterocycles. The van der Waals surface area contributed by atoms with Crippen molar-refractivity contribution in [3.05, 3.63) is 35.4 Å². The fourth-order valence-electron chi connectivity index (χ4n) is 2.16. The van der Waals surface area contributed by atoms with Crippen molar-refractivity contribution in [1.29, 1.82) is 0 Å². The summed E-state index contributed by atoms with van der Waals surface area (Å²) in [6.07, 6.45) is 1.72. The maximum absolute atomic E-state index is 12.3. The van der Waals surface area contributed by atoms with Gasteiger partial charge in [-0.05, 0) is 37.1 Å². The number of hydrogen-bond acceptors (Lipinski definition) is 3. The molecule has 0 saturated carbocycles. The molecule has 1 aromatic rings. The smallest absolute Gasteiger partial charge is 0.253 e. The number of amides is 1. The van der Waals surface area contributed by atoms with Crippen molar-refractivity contribution in [1.82, 2.24) is 4.90 Å². The highest BCUT2D eigenvalue weighted by Crippen LogP contribution is 2.10. The summed E-state index contributed by atoms with van der Waals surface area (Å²) in [5.41, 5.74) is 7.41. The number of carbonyl (C=O) groups excluding carboxylic acids is 1. The molecule has 0 aliphatic carbocycles. The molecule has 0 bridgehead atoms. The van der Waals surface area contributed by atoms with Crippen LogP contribution in [0, 0.1) is 0 Å². The van der Waals surface area contributed by atoms with Gasteiger partial charge in [0.2, 0.25) is 0 Å². The van der Waals surface area contributed by atoms with Crippen molar-refractivity contribution in [2.45, 2.75) is 12.8 Å². The maximum Gasteiger partial charge on any atom is 0.253 e. The first-order valence-electron chi connectivity index (χ1n) is 6.47. The molecule has 0 aromatic heterocycles. The molecule has 1 heterocycles. The van der Waals surface area contributed by atoms with Crippen molar-refractivity contribution in [3.8, 4) is 0 Å². The summed E-state index contributed by atoms with van der Waals surface area (Å²) in [5, 5.41) is 0. The van der Waals surface area contributed by atoms with E-state index in [-0.39, 0.29) is 5.91 Å². The molecule has 1 fully saturated rings. The minimum absolute atomic E-state index is 0.0966. The second-order valence-corrected chi connectivity index (χ2v) is 4.50. The molecule has 1 aliphatic rings. The fraction of sp³-hybridized carbons (Fsp3) is 0.500. The average molecular weight is 248 g/mol. The van der Waals surface area contributed by atoms with Gasteiger partial charge in [0.1, 0.15) is 0 Å². The Labute approximate surface area is 108 Å². The lowest BCUT2D eigenvalue weighted by Gasteiger charge is -2.19. The van der Waals surface area contributed by atoms with Crippen LogP contribution < -0.4 is 5.73 Å². The van der Waals surface area contributed by atoms with Gasteiger partial charge in [-0.2, -0.15) is 0 Å². The summed E-state index contributed by atoms with van der Waals surface area (Å²) < 4.78 is 5.36. The van der Waals surface area contributed by atoms with E-state index in [0.717, 1.165) is 37.1 Å². The van der Waals surface area contributed by atoms with Crippen LogP contribution in [-0.4, -0.2) is 43.7 Å². The Morgan fingerprint density at radius 2 is 2.22 bits per heavy atom. The molecule has 4 nitrogen and oxygen atoms in total. The molecule has 2 N–H and O–H groups in total. The highest BCUT2D eigenvalue weighted by Gasteiger charge is 2.17. The first-order chi connectivity index (χ1) is 8.81. The van der Waals surface area contributed by atoms with Gasteiger partial charge in [0.25, 0.3) is 5.91 Å². The predicted molar refractivity (Wildman–Crippen MR) is 70.5 cm³/mol. The molecule has 0 radical (unpaired) electrons. The Kier molecular flexibility index (Phi) is 4.73. The molecule has 1 aromatic carbocycles. The lowest BCUT2D eigenvalue weighted by Crippen LogP contribution is -2.33. The van der Waals surface area contributed by atoms with Gasteiger partial charge in [-0.3, -0.25) is 4.79 Å². The Bertz CT molecular complexity index is 399. The van der Waals surface area contributed by atoms with Crippen molar-refractivity contribution >= 4 is 5.91 Å². The molecule has 1 saturated heterocycles. The van der Waals surface area contributed by atoms with Crippen LogP contribution in [0.5, 0.6) is 0 Å². The number of benzene rings is 1. The van der Waals surface area contributed by atoms with E-state index in [2.05, 4.69) is 0 Å². The standard InChI is InChI=1S/C14H20N2O2/c15-6-5-12-3-1-4-13(11-12)14(17)16-7-2-9-18-10-8-16/h1,3-4,11H,2,5-10,15H2. The highest BCUT2D eigenvalue weighted by molar-refractivity contribution is 5.94. The minimum Gasteiger partial charge on any atom is -0.380 e. The van der Waals surface area contributed by atoms with E-state index in [1.807, 2.05) is 29.2 Å². The van der Waals surface area contributed by atoms with Crippen molar-refractivity contribution in [2.24, 2.45) is 5.73 Å². The number of carbonyl (C=O) groups is 1. The van der Waals surface area contributed by atoms with E-state index < -0.39 is 0 Å². The molecule has 18 heavy (non-hydrogen) atoms. The molecule has 98 valence electrons. The number of hydrogen-bond donors (Lipinski definition) is 1. The highest BCUT2D eigenvalue weighted by atomic mass is 16.5. The van der Waals surface area contributed by atoms with E-state index >= 15 is 0 Å². The molecule has 0 spiro atoms. The van der Waals surface area contributed by atoms with Gasteiger partial charge in [0.05, 0.1) is 6.61 Å². The van der Waals surface area contributed by atoms with Crippen LogP contribution in [-0.2, 0) is 11.2 Å². The monoisotopic (exact) mass is 248 g/mol. The molecule has 0 atom stereocenters. The topological polar surface area (TPSA) is 55.6 Å². The number of nitrogens with zero attached hydrogens (tertiary/aromatic N) is 1. The van der Waals surface area contributed by atoms with Gasteiger partial charge in [-0.25, -0.2) is 0 Å². The van der Waals surface area contributed by atoms with Gasteiger partial charge in [-0.15, -0.1) is 0 Å². The molecule has 4 heteroatoms. The summed E-state index contributed by atoms with van der Waals surface area (Å²) in [6, 6.07) is 7.75. The maximum atomic E-state index is 12.3. The van der Waals surface area contributed by atoms with Crippen molar-refractivity contribution in [2.75, 3.05) is 32.8 Å². The van der Waals surface area contributed by atoms with Crippen LogP contribution in [0.2, 0.25) is 0 Å². The number of ether oxygens (including phenoxy) is 1. The SMILES string of the molecule is NCCc1cccc(C(=O)N2CCCOCC2)c1. The molecular weight excluding hydrogens is 228 g/mol. The average Bonchev–Trinajstić information content (AvgIpc) is 2.67. The van der Waals surface area contributed by atoms with Crippen LogP contribution >= 0.6 is 0 Å². The van der Waals surface area contributed by atoms with Gasteiger partial charge in [-0.1, -0.05) is 12.1 Å². The normalized spacial score (nSPS) is 16.4. The summed E-state index contributed by atoms with van der Waals surface area (Å²) in [6.45, 7) is 3.44. The summed E-state index contributed by atoms with van der Waals surface area (Å²) in [7, 11) is 0. The number of rotatable bonds is 3. The van der Waals surface area contributed by atoms with E-state index in [1.54, 1.807) is 0 Å². The summed E-state index contributed by atoms with van der Waals surface area (Å²) in [4.78, 5) is 14.2. The molecule has 2 rings (SSSR count). The first-order valence-corrected chi connectivity index (χ1v) is 6.47. The quantitative estimate of drug-likeness (QED) is 0.870. The zero-order valence-electron chi connectivity index (χ0n) is 10.6. The minimum atomic E-state index is 0.0966. The van der Waals surface area contributed by atoms with Crippen LogP contribution in [0.15, 0.2) is 24.3 Å². The van der Waals surface area contributed by atoms with E-state index in [9.17, 15) is 4.79 Å². The Hall–Kier alpha value is -1.39. The van der Waals surface area contributed by atoms with Gasteiger partial charge < -0.3 is 15.4 Å². The van der Waals surface area contributed by atoms with Crippen LogP contribution in [0.4, 0.5) is 0 Å². The molecular formula is C14H20N2O2. The predicted octanol–water partition coefficient (Wildman–Crippen LogP) is 1.05. The second-order valence-electron chi connectivity index (χ2n) is 4.50. The molecule has 0 unspecified atom stereocenters. The van der Waals surface area contributed by atoms with Crippen LogP contribution in [0.3, 0.4) is 0 Å². The van der Waals surface area contributed by atoms with E-state index in [1.165, 1.54) is 0 Å². The molecule has 1 amide bonds. The third-order valence-corrected chi connectivity index (χ3v) is 3.12. The zero-order chi connectivity index (χ0) is 12.8. The van der Waals surface area contributed by atoms with Crippen LogP contribution in [0.1, 0.15) is 22.3 Å². The zero-order valence-corrected chi connectivity index (χ0v) is 10.6. The largest absolute Gasteiger partial charge is 0.380 e. The fourth-order valence-corrected chi connectivity index (χ4v) is 2.16. The van der Waals surface area contributed by atoms with E-state index in [0.29, 0.717) is 19.7 Å². The Balaban J connectivity index is 2.09. The van der Waals surface area contributed by atoms with Crippen LogP contribution in [0.25, 0.3) is 0 Å². The van der Waals surface area contributed by atoms with Crippen molar-refractivity contribution < 1.29 is 9.53 Å². The van der Waals surface area contributed by atoms with Gasteiger partial charge in [0, 0.05) is 25.3 Å². The number of nitrogens with two attached hydrogens (primary N) is 1. The third-order valence-electron chi connectivity index (χ3n) is 3.12. The lowest BCUT2D eigenvalue weighted by molar-refractivity contribution is 0.0741. The summed E-state index contributed by atoms with van der Waals surface area (Å²) >= 11 is 0. The van der Waals surface area contributed by atoms with Gasteiger partial charge >= 0.3 is 0 Å². The van der Waals surface area contributed by atoms with E-state index in [4.69, 9.17) is 10.5 Å². The van der Waals surface area contributed by atoms with Gasteiger partial charge in [0.15, 0.2) is 0 Å². The third kappa shape index (κ3) is 3.31. The van der Waals surface area contributed by atoms with Crippen molar-refractivity contribution in [3.63, 3.8) is 0 Å².